The fourth-order valence-corrected chi connectivity index (χ4v) is 4.91. The highest BCUT2D eigenvalue weighted by molar-refractivity contribution is 6.07. The molecule has 1 aromatic carbocycles. The molecule has 2 fully saturated rings. The second-order valence-electron chi connectivity index (χ2n) is 8.58. The van der Waals surface area contributed by atoms with Crippen LogP contribution in [0.2, 0.25) is 0 Å². The van der Waals surface area contributed by atoms with E-state index in [4.69, 9.17) is 0 Å². The molecule has 0 radical (unpaired) electrons. The van der Waals surface area contributed by atoms with Crippen molar-refractivity contribution in [2.24, 2.45) is 5.92 Å². The van der Waals surface area contributed by atoms with Gasteiger partial charge in [-0.2, -0.15) is 13.2 Å². The highest BCUT2D eigenvalue weighted by Gasteiger charge is 2.55. The number of alkyl halides is 3. The Morgan fingerprint density at radius 2 is 1.79 bits per heavy atom. The van der Waals surface area contributed by atoms with Crippen molar-refractivity contribution in [2.45, 2.75) is 44.4 Å². The predicted octanol–water partition coefficient (Wildman–Crippen LogP) is 3.85. The van der Waals surface area contributed by atoms with Crippen molar-refractivity contribution in [1.29, 1.82) is 0 Å². The topological polar surface area (TPSA) is 82.6 Å². The van der Waals surface area contributed by atoms with Crippen molar-refractivity contribution in [2.75, 3.05) is 13.1 Å². The molecule has 2 aliphatic heterocycles. The number of hydrogen-bond donors (Lipinski definition) is 1. The molecule has 3 heterocycles. The summed E-state index contributed by atoms with van der Waals surface area (Å²) in [7, 11) is 0. The molecule has 4 rings (SSSR count). The van der Waals surface area contributed by atoms with E-state index in [1.807, 2.05) is 6.92 Å². The van der Waals surface area contributed by atoms with E-state index >= 15 is 0 Å². The van der Waals surface area contributed by atoms with Crippen LogP contribution in [0.5, 0.6) is 0 Å². The number of rotatable bonds is 5. The van der Waals surface area contributed by atoms with Gasteiger partial charge in [0.15, 0.2) is 0 Å². The molecular weight excluding hydrogens is 449 g/mol. The fraction of sp³-hybridized carbons (Fsp3) is 0.417. The van der Waals surface area contributed by atoms with E-state index in [1.54, 1.807) is 24.4 Å². The molecule has 0 spiro atoms. The van der Waals surface area contributed by atoms with Gasteiger partial charge in [-0.05, 0) is 49.4 Å². The number of nitrogens with zero attached hydrogens (tertiary/aromatic N) is 3. The summed E-state index contributed by atoms with van der Waals surface area (Å²) in [6, 6.07) is 9.50. The summed E-state index contributed by atoms with van der Waals surface area (Å²) in [5.41, 5.74) is -1.87. The predicted molar refractivity (Wildman–Crippen MR) is 116 cm³/mol. The average molecular weight is 474 g/mol. The van der Waals surface area contributed by atoms with Crippen molar-refractivity contribution >= 4 is 17.8 Å². The quantitative estimate of drug-likeness (QED) is 0.668. The van der Waals surface area contributed by atoms with Gasteiger partial charge in [0, 0.05) is 19.3 Å². The summed E-state index contributed by atoms with van der Waals surface area (Å²) in [4.78, 5) is 45.7. The number of halogens is 3. The first-order valence-electron chi connectivity index (χ1n) is 11.2. The third kappa shape index (κ3) is 4.24. The molecule has 2 saturated heterocycles. The molecule has 1 aromatic heterocycles. The van der Waals surface area contributed by atoms with Gasteiger partial charge in [-0.1, -0.05) is 25.1 Å². The largest absolute Gasteiger partial charge is 0.417 e. The summed E-state index contributed by atoms with van der Waals surface area (Å²) in [6.45, 7) is 2.26. The van der Waals surface area contributed by atoms with Crippen LogP contribution in [-0.4, -0.2) is 51.3 Å². The fourth-order valence-electron chi connectivity index (χ4n) is 4.91. The normalized spacial score (nSPS) is 21.6. The first-order valence-corrected chi connectivity index (χ1v) is 11.2. The Balaban J connectivity index is 1.48. The number of pyridine rings is 1. The van der Waals surface area contributed by atoms with Gasteiger partial charge in [-0.25, -0.2) is 4.79 Å². The van der Waals surface area contributed by atoms with E-state index in [0.29, 0.717) is 25.0 Å². The Labute approximate surface area is 194 Å². The highest BCUT2D eigenvalue weighted by atomic mass is 19.4. The van der Waals surface area contributed by atoms with Crippen LogP contribution in [-0.2, 0) is 17.5 Å². The zero-order chi connectivity index (χ0) is 24.5. The smallest absolute Gasteiger partial charge is 0.339 e. The minimum atomic E-state index is -4.63. The molecule has 0 saturated carbocycles. The molecule has 0 aliphatic carbocycles. The van der Waals surface area contributed by atoms with Crippen LogP contribution in [0.25, 0.3) is 0 Å². The number of hydrogen-bond acceptors (Lipinski definition) is 4. The number of benzene rings is 1. The lowest BCUT2D eigenvalue weighted by Gasteiger charge is -2.40. The molecule has 2 aromatic rings. The van der Waals surface area contributed by atoms with Crippen LogP contribution in [0.3, 0.4) is 0 Å². The summed E-state index contributed by atoms with van der Waals surface area (Å²) < 4.78 is 40.1. The molecule has 0 bridgehead atoms. The lowest BCUT2D eigenvalue weighted by atomic mass is 9.75. The van der Waals surface area contributed by atoms with Crippen molar-refractivity contribution in [3.05, 3.63) is 65.5 Å². The Morgan fingerprint density at radius 3 is 2.41 bits per heavy atom. The number of amides is 4. The summed E-state index contributed by atoms with van der Waals surface area (Å²) in [5.74, 6) is -1.27. The molecule has 1 atom stereocenters. The Hall–Kier alpha value is -3.43. The van der Waals surface area contributed by atoms with Crippen LogP contribution in [0, 0.1) is 5.92 Å². The van der Waals surface area contributed by atoms with Crippen LogP contribution in [0.15, 0.2) is 48.7 Å². The van der Waals surface area contributed by atoms with E-state index < -0.39 is 29.2 Å². The molecule has 2 aliphatic rings. The number of likely N-dealkylation sites (tertiary alicyclic amines) is 1. The lowest BCUT2D eigenvalue weighted by molar-refractivity contribution is -0.138. The molecular formula is C24H25F3N4O3. The maximum absolute atomic E-state index is 13.4. The Kier molecular flexibility index (Phi) is 6.33. The van der Waals surface area contributed by atoms with Crippen LogP contribution >= 0.6 is 0 Å². The van der Waals surface area contributed by atoms with Gasteiger partial charge >= 0.3 is 12.2 Å². The van der Waals surface area contributed by atoms with Crippen molar-refractivity contribution in [3.8, 4) is 0 Å². The second-order valence-corrected chi connectivity index (χ2v) is 8.58. The SMILES string of the molecule is CCC1(C2CCN(C(=O)c3ccccc3C(F)(F)F)CC2)NC(=O)N(Cc2ccccn2)C1=O. The summed E-state index contributed by atoms with van der Waals surface area (Å²) >= 11 is 0. The van der Waals surface area contributed by atoms with E-state index in [-0.39, 0.29) is 37.0 Å². The average Bonchev–Trinajstić information content (AvgIpc) is 3.09. The van der Waals surface area contributed by atoms with Gasteiger partial charge in [0.1, 0.15) is 5.54 Å². The van der Waals surface area contributed by atoms with E-state index in [0.717, 1.165) is 11.0 Å². The molecule has 1 unspecified atom stereocenters. The van der Waals surface area contributed by atoms with Gasteiger partial charge in [0.05, 0.1) is 23.4 Å². The van der Waals surface area contributed by atoms with Crippen LogP contribution in [0.4, 0.5) is 18.0 Å². The van der Waals surface area contributed by atoms with Gasteiger partial charge in [-0.15, -0.1) is 0 Å². The lowest BCUT2D eigenvalue weighted by Crippen LogP contribution is -2.56. The molecule has 10 heteroatoms. The van der Waals surface area contributed by atoms with Gasteiger partial charge in [0.25, 0.3) is 11.8 Å². The zero-order valence-electron chi connectivity index (χ0n) is 18.6. The third-order valence-corrected chi connectivity index (χ3v) is 6.75. The minimum absolute atomic E-state index is 0.0544. The third-order valence-electron chi connectivity index (χ3n) is 6.75. The second kappa shape index (κ2) is 9.08. The van der Waals surface area contributed by atoms with Crippen LogP contribution < -0.4 is 5.32 Å². The van der Waals surface area contributed by atoms with Crippen LogP contribution in [0.1, 0.15) is 47.8 Å². The van der Waals surface area contributed by atoms with Gasteiger partial charge in [-0.3, -0.25) is 19.5 Å². The molecule has 7 nitrogen and oxygen atoms in total. The summed E-state index contributed by atoms with van der Waals surface area (Å²) in [6.07, 6.45) is -1.90. The van der Waals surface area contributed by atoms with Gasteiger partial charge < -0.3 is 10.2 Å². The molecule has 180 valence electrons. The maximum Gasteiger partial charge on any atom is 0.417 e. The summed E-state index contributed by atoms with van der Waals surface area (Å²) in [5, 5.41) is 2.87. The van der Waals surface area contributed by atoms with Crippen molar-refractivity contribution in [1.82, 2.24) is 20.1 Å². The van der Waals surface area contributed by atoms with Crippen molar-refractivity contribution < 1.29 is 27.6 Å². The first kappa shape index (κ1) is 23.7. The number of carbonyl (C=O) groups excluding carboxylic acids is 3. The highest BCUT2D eigenvalue weighted by Crippen LogP contribution is 2.38. The number of carbonyl (C=O) groups is 3. The van der Waals surface area contributed by atoms with Gasteiger partial charge in [0.2, 0.25) is 0 Å². The molecule has 34 heavy (non-hydrogen) atoms. The number of imide groups is 1. The monoisotopic (exact) mass is 474 g/mol. The van der Waals surface area contributed by atoms with Crippen molar-refractivity contribution in [3.63, 3.8) is 0 Å². The number of nitrogens with one attached hydrogen (secondary N) is 1. The molecule has 1 N–H and O–H groups in total. The maximum atomic E-state index is 13.4. The zero-order valence-corrected chi connectivity index (χ0v) is 18.6. The van der Waals surface area contributed by atoms with E-state index in [1.165, 1.54) is 23.1 Å². The standard InChI is InChI=1S/C24H25F3N4O3/c1-2-23(21(33)31(22(34)29-23)15-17-7-5-6-12-28-17)16-10-13-30(14-11-16)20(32)18-8-3-4-9-19(18)24(25,26)27/h3-9,12,16H,2,10-11,13-15H2,1H3,(H,29,34). The number of urea groups is 1. The Morgan fingerprint density at radius 1 is 1.12 bits per heavy atom. The first-order chi connectivity index (χ1) is 16.2. The number of aromatic nitrogens is 1. The molecule has 4 amide bonds. The minimum Gasteiger partial charge on any atom is -0.339 e. The Bertz CT molecular complexity index is 1080. The van der Waals surface area contributed by atoms with E-state index in [2.05, 4.69) is 10.3 Å². The van der Waals surface area contributed by atoms with E-state index in [9.17, 15) is 27.6 Å². The number of piperidine rings is 1.